The normalized spacial score (nSPS) is 10.5. The smallest absolute Gasteiger partial charge is 0.342 e. The minimum atomic E-state index is -0.437. The molecule has 0 radical (unpaired) electrons. The van der Waals surface area contributed by atoms with Crippen LogP contribution in [0, 0.1) is 11.3 Å². The lowest BCUT2D eigenvalue weighted by atomic mass is 10.1. The molecule has 0 bridgehead atoms. The molecule has 0 saturated carbocycles. The zero-order valence-electron chi connectivity index (χ0n) is 12.4. The van der Waals surface area contributed by atoms with Crippen LogP contribution in [0.15, 0.2) is 30.5 Å². The average Bonchev–Trinajstić information content (AvgIpc) is 2.88. The number of rotatable bonds is 5. The molecular weight excluding hydrogens is 302 g/mol. The van der Waals surface area contributed by atoms with Gasteiger partial charge in [-0.1, -0.05) is 23.7 Å². The van der Waals surface area contributed by atoms with Crippen molar-refractivity contribution in [2.24, 2.45) is 0 Å². The maximum atomic E-state index is 12.2. The van der Waals surface area contributed by atoms with Gasteiger partial charge in [-0.25, -0.2) is 4.79 Å². The lowest BCUT2D eigenvalue weighted by Crippen LogP contribution is -2.11. The minimum Gasteiger partial charge on any atom is -0.459 e. The van der Waals surface area contributed by atoms with Crippen LogP contribution in [0.5, 0.6) is 0 Å². The molecule has 0 amide bonds. The summed E-state index contributed by atoms with van der Waals surface area (Å²) in [5.74, 6) is -0.437. The molecule has 1 aromatic carbocycles. The number of carbonyl (C=O) groups excluding carboxylic acids is 1. The Morgan fingerprint density at radius 3 is 2.91 bits per heavy atom. The molecule has 6 heteroatoms. The molecule has 0 saturated heterocycles. The van der Waals surface area contributed by atoms with Crippen molar-refractivity contribution in [3.63, 3.8) is 0 Å². The Morgan fingerprint density at radius 1 is 1.50 bits per heavy atom. The van der Waals surface area contributed by atoms with Crippen molar-refractivity contribution in [2.75, 3.05) is 0 Å². The molecule has 0 aliphatic heterocycles. The van der Waals surface area contributed by atoms with Crippen molar-refractivity contribution in [1.82, 2.24) is 9.78 Å². The van der Waals surface area contributed by atoms with E-state index in [0.29, 0.717) is 29.2 Å². The molecule has 0 unspecified atom stereocenters. The third-order valence-electron chi connectivity index (χ3n) is 2.88. The largest absolute Gasteiger partial charge is 0.459 e. The van der Waals surface area contributed by atoms with Gasteiger partial charge in [0.1, 0.15) is 11.3 Å². The number of benzene rings is 1. The number of aromatic nitrogens is 2. The lowest BCUT2D eigenvalue weighted by molar-refractivity contribution is 0.0378. The Hall–Kier alpha value is -2.32. The molecule has 22 heavy (non-hydrogen) atoms. The number of hydrogen-bond donors (Lipinski definition) is 0. The summed E-state index contributed by atoms with van der Waals surface area (Å²) in [5.41, 5.74) is 1.61. The summed E-state index contributed by atoms with van der Waals surface area (Å²) in [6.45, 7) is 3.99. The van der Waals surface area contributed by atoms with Gasteiger partial charge >= 0.3 is 5.97 Å². The number of halogens is 1. The fourth-order valence-corrected chi connectivity index (χ4v) is 2.17. The number of hydrogen-bond acceptors (Lipinski definition) is 4. The molecule has 1 heterocycles. The summed E-state index contributed by atoms with van der Waals surface area (Å²) in [7, 11) is 0. The van der Waals surface area contributed by atoms with Crippen LogP contribution in [0.25, 0.3) is 11.3 Å². The highest BCUT2D eigenvalue weighted by Gasteiger charge is 2.20. The molecule has 0 aliphatic carbocycles. The van der Waals surface area contributed by atoms with Crippen molar-refractivity contribution in [3.05, 3.63) is 41.0 Å². The SMILES string of the molecule is CC(C)OC(=O)c1cn(CCC#N)nc1-c1cccc(Cl)c1. The van der Waals surface area contributed by atoms with Crippen LogP contribution in [-0.2, 0) is 11.3 Å². The number of ether oxygens (including phenoxy) is 1. The molecule has 2 rings (SSSR count). The highest BCUT2D eigenvalue weighted by molar-refractivity contribution is 6.30. The van der Waals surface area contributed by atoms with Crippen molar-refractivity contribution in [3.8, 4) is 17.3 Å². The summed E-state index contributed by atoms with van der Waals surface area (Å²) in [4.78, 5) is 12.2. The van der Waals surface area contributed by atoms with Crippen molar-refractivity contribution >= 4 is 17.6 Å². The number of aryl methyl sites for hydroxylation is 1. The molecule has 0 fully saturated rings. The van der Waals surface area contributed by atoms with Crippen LogP contribution in [-0.4, -0.2) is 21.9 Å². The van der Waals surface area contributed by atoms with E-state index < -0.39 is 5.97 Å². The van der Waals surface area contributed by atoms with Gasteiger partial charge in [0.05, 0.1) is 25.1 Å². The van der Waals surface area contributed by atoms with Gasteiger partial charge in [-0.3, -0.25) is 4.68 Å². The third-order valence-corrected chi connectivity index (χ3v) is 3.11. The van der Waals surface area contributed by atoms with Crippen molar-refractivity contribution in [2.45, 2.75) is 32.9 Å². The fourth-order valence-electron chi connectivity index (χ4n) is 1.98. The summed E-state index contributed by atoms with van der Waals surface area (Å²) in [5, 5.41) is 13.6. The molecule has 114 valence electrons. The second-order valence-electron chi connectivity index (χ2n) is 5.03. The van der Waals surface area contributed by atoms with Crippen molar-refractivity contribution in [1.29, 1.82) is 5.26 Å². The van der Waals surface area contributed by atoms with E-state index in [1.807, 2.05) is 6.07 Å². The molecule has 0 spiro atoms. The zero-order chi connectivity index (χ0) is 16.1. The molecule has 0 atom stereocenters. The highest BCUT2D eigenvalue weighted by atomic mass is 35.5. The predicted octanol–water partition coefficient (Wildman–Crippen LogP) is 3.68. The van der Waals surface area contributed by atoms with E-state index in [2.05, 4.69) is 11.2 Å². The molecule has 5 nitrogen and oxygen atoms in total. The summed E-state index contributed by atoms with van der Waals surface area (Å²) >= 11 is 6.01. The third kappa shape index (κ3) is 3.86. The monoisotopic (exact) mass is 317 g/mol. The maximum absolute atomic E-state index is 12.2. The molecular formula is C16H16ClN3O2. The first-order chi connectivity index (χ1) is 10.5. The van der Waals surface area contributed by atoms with Gasteiger partial charge in [0.15, 0.2) is 0 Å². The Kier molecular flexibility index (Phi) is 5.18. The van der Waals surface area contributed by atoms with E-state index in [1.165, 1.54) is 0 Å². The second kappa shape index (κ2) is 7.10. The second-order valence-corrected chi connectivity index (χ2v) is 5.46. The molecule has 0 aliphatic rings. The first-order valence-electron chi connectivity index (χ1n) is 6.92. The van der Waals surface area contributed by atoms with Gasteiger partial charge < -0.3 is 4.74 Å². The summed E-state index contributed by atoms with van der Waals surface area (Å²) in [6.07, 6.45) is 1.70. The first-order valence-corrected chi connectivity index (χ1v) is 7.30. The van der Waals surface area contributed by atoms with Crippen molar-refractivity contribution < 1.29 is 9.53 Å². The topological polar surface area (TPSA) is 67.9 Å². The van der Waals surface area contributed by atoms with E-state index >= 15 is 0 Å². The van der Waals surface area contributed by atoms with Gasteiger partial charge in [-0.05, 0) is 26.0 Å². The summed E-state index contributed by atoms with van der Waals surface area (Å²) < 4.78 is 6.84. The van der Waals surface area contributed by atoms with Crippen LogP contribution >= 0.6 is 11.6 Å². The van der Waals surface area contributed by atoms with Crippen LogP contribution in [0.3, 0.4) is 0 Å². The van der Waals surface area contributed by atoms with E-state index in [-0.39, 0.29) is 6.10 Å². The van der Waals surface area contributed by atoms with Gasteiger partial charge in [0.25, 0.3) is 0 Å². The lowest BCUT2D eigenvalue weighted by Gasteiger charge is -2.07. The van der Waals surface area contributed by atoms with E-state index in [9.17, 15) is 4.79 Å². The Bertz CT molecular complexity index is 716. The van der Waals surface area contributed by atoms with Crippen LogP contribution in [0.2, 0.25) is 5.02 Å². The number of carbonyl (C=O) groups is 1. The first kappa shape index (κ1) is 16.1. The predicted molar refractivity (Wildman–Crippen MR) is 83.5 cm³/mol. The van der Waals surface area contributed by atoms with Crippen LogP contribution in [0.1, 0.15) is 30.6 Å². The standard InChI is InChI=1S/C16H16ClN3O2/c1-11(2)22-16(21)14-10-20(8-4-7-18)19-15(14)12-5-3-6-13(17)9-12/h3,5-6,9-11H,4,8H2,1-2H3. The van der Waals surface area contributed by atoms with E-state index in [4.69, 9.17) is 21.6 Å². The highest BCUT2D eigenvalue weighted by Crippen LogP contribution is 2.25. The Labute approximate surface area is 134 Å². The summed E-state index contributed by atoms with van der Waals surface area (Å²) in [6, 6.07) is 9.18. The Balaban J connectivity index is 2.43. The minimum absolute atomic E-state index is 0.220. The Morgan fingerprint density at radius 2 is 2.27 bits per heavy atom. The van der Waals surface area contributed by atoms with Gasteiger partial charge in [0, 0.05) is 16.8 Å². The zero-order valence-corrected chi connectivity index (χ0v) is 13.2. The average molecular weight is 318 g/mol. The quantitative estimate of drug-likeness (QED) is 0.789. The van der Waals surface area contributed by atoms with Gasteiger partial charge in [-0.15, -0.1) is 0 Å². The van der Waals surface area contributed by atoms with Crippen LogP contribution in [0.4, 0.5) is 0 Å². The van der Waals surface area contributed by atoms with E-state index in [0.717, 1.165) is 5.56 Å². The molecule has 2 aromatic rings. The fraction of sp³-hybridized carbons (Fsp3) is 0.312. The maximum Gasteiger partial charge on any atom is 0.342 e. The molecule has 1 aromatic heterocycles. The number of nitrogens with zero attached hydrogens (tertiary/aromatic N) is 3. The van der Waals surface area contributed by atoms with Crippen LogP contribution < -0.4 is 0 Å². The van der Waals surface area contributed by atoms with Gasteiger partial charge in [-0.2, -0.15) is 10.4 Å². The number of esters is 1. The van der Waals surface area contributed by atoms with E-state index in [1.54, 1.807) is 42.9 Å². The molecule has 0 N–H and O–H groups in total. The van der Waals surface area contributed by atoms with Gasteiger partial charge in [0.2, 0.25) is 0 Å². The number of nitriles is 1.